The zero-order valence-electron chi connectivity index (χ0n) is 8.53. The summed E-state index contributed by atoms with van der Waals surface area (Å²) in [5.41, 5.74) is 0.967. The largest absolute Gasteiger partial charge is 0.423 e. The van der Waals surface area contributed by atoms with E-state index in [1.807, 2.05) is 0 Å². The van der Waals surface area contributed by atoms with Crippen LogP contribution >= 0.6 is 39.1 Å². The van der Waals surface area contributed by atoms with E-state index in [0.717, 1.165) is 5.56 Å². The van der Waals surface area contributed by atoms with Gasteiger partial charge in [-0.3, -0.25) is 0 Å². The number of benzene rings is 1. The van der Waals surface area contributed by atoms with E-state index in [0.29, 0.717) is 21.1 Å². The highest BCUT2D eigenvalue weighted by Gasteiger charge is 2.07. The first-order chi connectivity index (χ1) is 8.20. The Hall–Kier alpha value is -0.840. The van der Waals surface area contributed by atoms with Gasteiger partial charge in [0.05, 0.1) is 5.02 Å². The van der Waals surface area contributed by atoms with E-state index in [4.69, 9.17) is 27.9 Å². The smallest absolute Gasteiger partial charge is 0.321 e. The van der Waals surface area contributed by atoms with Gasteiger partial charge in [0.1, 0.15) is 5.02 Å². The van der Waals surface area contributed by atoms with Gasteiger partial charge in [0.25, 0.3) is 0 Å². The second-order valence-corrected chi connectivity index (χ2v) is 4.51. The van der Waals surface area contributed by atoms with Crippen LogP contribution in [0, 0.1) is 0 Å². The van der Waals surface area contributed by atoms with Crippen molar-refractivity contribution in [2.45, 2.75) is 5.33 Å². The van der Waals surface area contributed by atoms with E-state index in [9.17, 15) is 0 Å². The van der Waals surface area contributed by atoms with Gasteiger partial charge in [0.15, 0.2) is 5.75 Å². The fourth-order valence-corrected chi connectivity index (χ4v) is 1.75. The molecular weight excluding hydrogens is 327 g/mol. The maximum Gasteiger partial charge on any atom is 0.321 e. The number of ether oxygens (including phenoxy) is 1. The normalized spacial score (nSPS) is 10.3. The Bertz CT molecular complexity index is 519. The van der Waals surface area contributed by atoms with Crippen LogP contribution in [0.15, 0.2) is 30.6 Å². The Morgan fingerprint density at radius 2 is 1.88 bits per heavy atom. The van der Waals surface area contributed by atoms with Crippen LogP contribution in [0.4, 0.5) is 0 Å². The number of halogens is 3. The second-order valence-electron chi connectivity index (χ2n) is 3.16. The summed E-state index contributed by atoms with van der Waals surface area (Å²) < 4.78 is 5.44. The van der Waals surface area contributed by atoms with Crippen molar-refractivity contribution in [3.8, 4) is 11.8 Å². The second kappa shape index (κ2) is 5.67. The minimum absolute atomic E-state index is 0.235. The maximum absolute atomic E-state index is 5.98. The molecule has 0 N–H and O–H groups in total. The SMILES string of the molecule is Clc1cccc(Oc2ncc(CBr)cn2)c1Cl. The van der Waals surface area contributed by atoms with Crippen LogP contribution < -0.4 is 4.74 Å². The first-order valence-corrected chi connectivity index (χ1v) is 6.57. The van der Waals surface area contributed by atoms with Crippen LogP contribution in [0.5, 0.6) is 11.8 Å². The highest BCUT2D eigenvalue weighted by atomic mass is 79.9. The van der Waals surface area contributed by atoms with Gasteiger partial charge in [0.2, 0.25) is 0 Å². The van der Waals surface area contributed by atoms with Crippen molar-refractivity contribution in [1.82, 2.24) is 9.97 Å². The molecule has 3 nitrogen and oxygen atoms in total. The fraction of sp³-hybridized carbons (Fsp3) is 0.0909. The van der Waals surface area contributed by atoms with Gasteiger partial charge in [-0.1, -0.05) is 45.2 Å². The molecule has 0 saturated carbocycles. The predicted molar refractivity (Wildman–Crippen MR) is 71.2 cm³/mol. The Labute approximate surface area is 117 Å². The molecular formula is C11H7BrCl2N2O. The van der Waals surface area contributed by atoms with Crippen molar-refractivity contribution in [1.29, 1.82) is 0 Å². The molecule has 0 atom stereocenters. The van der Waals surface area contributed by atoms with Gasteiger partial charge < -0.3 is 4.74 Å². The monoisotopic (exact) mass is 332 g/mol. The molecule has 17 heavy (non-hydrogen) atoms. The molecule has 0 spiro atoms. The third-order valence-corrected chi connectivity index (χ3v) is 3.40. The molecule has 1 aromatic carbocycles. The van der Waals surface area contributed by atoms with Gasteiger partial charge in [-0.25, -0.2) is 9.97 Å². The van der Waals surface area contributed by atoms with Crippen LogP contribution in [-0.4, -0.2) is 9.97 Å². The van der Waals surface area contributed by atoms with Crippen LogP contribution in [0.1, 0.15) is 5.56 Å². The summed E-state index contributed by atoms with van der Waals surface area (Å²) in [5.74, 6) is 0.436. The molecule has 1 heterocycles. The van der Waals surface area contributed by atoms with Crippen LogP contribution in [0.25, 0.3) is 0 Å². The summed E-state index contributed by atoms with van der Waals surface area (Å²) in [6.07, 6.45) is 3.35. The van der Waals surface area contributed by atoms with Gasteiger partial charge >= 0.3 is 6.01 Å². The third-order valence-electron chi connectivity index (χ3n) is 1.95. The number of nitrogens with zero attached hydrogens (tertiary/aromatic N) is 2. The van der Waals surface area contributed by atoms with Gasteiger partial charge in [-0.2, -0.15) is 0 Å². The summed E-state index contributed by atoms with van der Waals surface area (Å²) in [6, 6.07) is 5.37. The van der Waals surface area contributed by atoms with E-state index < -0.39 is 0 Å². The van der Waals surface area contributed by atoms with Gasteiger partial charge in [-0.15, -0.1) is 0 Å². The molecule has 0 unspecified atom stereocenters. The molecule has 0 aliphatic heterocycles. The molecule has 1 aromatic heterocycles. The van der Waals surface area contributed by atoms with Crippen molar-refractivity contribution >= 4 is 39.1 Å². The Kier molecular flexibility index (Phi) is 4.20. The molecule has 0 saturated heterocycles. The van der Waals surface area contributed by atoms with Crippen LogP contribution in [-0.2, 0) is 5.33 Å². The molecule has 0 radical (unpaired) electrons. The minimum Gasteiger partial charge on any atom is -0.423 e. The van der Waals surface area contributed by atoms with Crippen molar-refractivity contribution in [2.75, 3.05) is 0 Å². The highest BCUT2D eigenvalue weighted by Crippen LogP contribution is 2.33. The van der Waals surface area contributed by atoms with E-state index >= 15 is 0 Å². The molecule has 2 aromatic rings. The Balaban J connectivity index is 2.22. The lowest BCUT2D eigenvalue weighted by Gasteiger charge is -2.06. The standard InChI is InChI=1S/C11H7BrCl2N2O/c12-4-7-5-15-11(16-6-7)17-9-3-1-2-8(13)10(9)14/h1-3,5-6H,4H2. The Morgan fingerprint density at radius 1 is 1.18 bits per heavy atom. The number of hydrogen-bond acceptors (Lipinski definition) is 3. The predicted octanol–water partition coefficient (Wildman–Crippen LogP) is 4.47. The number of hydrogen-bond donors (Lipinski definition) is 0. The van der Waals surface area contributed by atoms with E-state index in [1.54, 1.807) is 30.6 Å². The zero-order valence-corrected chi connectivity index (χ0v) is 11.6. The summed E-state index contributed by atoms with van der Waals surface area (Å²) in [5, 5.41) is 1.48. The molecule has 0 bridgehead atoms. The van der Waals surface area contributed by atoms with Crippen LogP contribution in [0.3, 0.4) is 0 Å². The molecule has 0 aliphatic carbocycles. The van der Waals surface area contributed by atoms with E-state index in [-0.39, 0.29) is 6.01 Å². The summed E-state index contributed by atoms with van der Waals surface area (Å²) >= 11 is 15.2. The van der Waals surface area contributed by atoms with Crippen LogP contribution in [0.2, 0.25) is 10.0 Å². The first kappa shape index (κ1) is 12.6. The molecule has 0 amide bonds. The Morgan fingerprint density at radius 3 is 2.53 bits per heavy atom. The van der Waals surface area contributed by atoms with Crippen molar-refractivity contribution in [2.24, 2.45) is 0 Å². The average Bonchev–Trinajstić information content (AvgIpc) is 2.36. The summed E-state index contributed by atoms with van der Waals surface area (Å²) in [4.78, 5) is 8.10. The molecule has 0 fully saturated rings. The zero-order chi connectivity index (χ0) is 12.3. The summed E-state index contributed by atoms with van der Waals surface area (Å²) in [6.45, 7) is 0. The maximum atomic E-state index is 5.98. The van der Waals surface area contributed by atoms with E-state index in [1.165, 1.54) is 0 Å². The van der Waals surface area contributed by atoms with Crippen molar-refractivity contribution in [3.05, 3.63) is 46.2 Å². The number of aromatic nitrogens is 2. The molecule has 2 rings (SSSR count). The lowest BCUT2D eigenvalue weighted by Crippen LogP contribution is -1.93. The molecule has 6 heteroatoms. The number of rotatable bonds is 3. The minimum atomic E-state index is 0.235. The number of alkyl halides is 1. The third kappa shape index (κ3) is 3.09. The lowest BCUT2D eigenvalue weighted by atomic mass is 10.3. The van der Waals surface area contributed by atoms with Crippen molar-refractivity contribution < 1.29 is 4.74 Å². The fourth-order valence-electron chi connectivity index (χ4n) is 1.13. The quantitative estimate of drug-likeness (QED) is 0.777. The average molecular weight is 334 g/mol. The molecule has 88 valence electrons. The molecule has 0 aliphatic rings. The van der Waals surface area contributed by atoms with Crippen molar-refractivity contribution in [3.63, 3.8) is 0 Å². The topological polar surface area (TPSA) is 35.0 Å². The first-order valence-electron chi connectivity index (χ1n) is 4.69. The highest BCUT2D eigenvalue weighted by molar-refractivity contribution is 9.08. The lowest BCUT2D eigenvalue weighted by molar-refractivity contribution is 0.441. The van der Waals surface area contributed by atoms with Gasteiger partial charge in [0, 0.05) is 17.7 Å². The van der Waals surface area contributed by atoms with E-state index in [2.05, 4.69) is 25.9 Å². The van der Waals surface area contributed by atoms with Gasteiger partial charge in [-0.05, 0) is 17.7 Å². The summed E-state index contributed by atoms with van der Waals surface area (Å²) in [7, 11) is 0.